The van der Waals surface area contributed by atoms with E-state index in [1.807, 2.05) is 36.4 Å². The highest BCUT2D eigenvalue weighted by Crippen LogP contribution is 2.38. The molecule has 0 fully saturated rings. The van der Waals surface area contributed by atoms with Gasteiger partial charge in [-0.25, -0.2) is 4.68 Å². The lowest BCUT2D eigenvalue weighted by atomic mass is 10.0. The first kappa shape index (κ1) is 16.5. The molecule has 0 bridgehead atoms. The Morgan fingerprint density at radius 2 is 1.62 bits per heavy atom. The predicted molar refractivity (Wildman–Crippen MR) is 97.8 cm³/mol. The fraction of sp³-hybridized carbons (Fsp3) is 0.111. The number of aryl methyl sites for hydroxylation is 1. The van der Waals surface area contributed by atoms with E-state index in [1.165, 1.54) is 4.68 Å². The average Bonchev–Trinajstić information content (AvgIpc) is 3.01. The van der Waals surface area contributed by atoms with Gasteiger partial charge in [-0.15, -0.1) is 0 Å². The molecule has 0 saturated heterocycles. The molecule has 7 nitrogen and oxygen atoms in total. The van der Waals surface area contributed by atoms with E-state index in [-0.39, 0.29) is 12.0 Å². The van der Waals surface area contributed by atoms with Crippen molar-refractivity contribution in [2.75, 3.05) is 4.31 Å². The van der Waals surface area contributed by atoms with Crippen LogP contribution in [-0.2, 0) is 10.3 Å². The second-order valence-corrected chi connectivity index (χ2v) is 7.18. The minimum Gasteiger partial charge on any atom is -0.269 e. The number of nitrogens with zero attached hydrogens (tertiary/aromatic N) is 4. The number of benzene rings is 2. The molecule has 1 unspecified atom stereocenters. The summed E-state index contributed by atoms with van der Waals surface area (Å²) in [5.74, 6) is 0.470. The van der Waals surface area contributed by atoms with E-state index in [0.29, 0.717) is 17.1 Å². The molecule has 4 rings (SSSR count). The average molecular weight is 368 g/mol. The van der Waals surface area contributed by atoms with Gasteiger partial charge in [0.15, 0.2) is 0 Å². The number of rotatable bonds is 3. The van der Waals surface area contributed by atoms with Crippen LogP contribution in [0, 0.1) is 6.92 Å². The van der Waals surface area contributed by atoms with Crippen LogP contribution in [0.2, 0.25) is 0 Å². The lowest BCUT2D eigenvalue weighted by Crippen LogP contribution is -2.35. The largest absolute Gasteiger partial charge is 0.366 e. The molecule has 1 aliphatic rings. The van der Waals surface area contributed by atoms with E-state index < -0.39 is 10.3 Å². The first-order valence-electron chi connectivity index (χ1n) is 7.98. The lowest BCUT2D eigenvalue weighted by molar-refractivity contribution is 0.479. The second kappa shape index (κ2) is 6.08. The standard InChI is InChI=1S/C18H16N4O3S/c1-13-19-18-21(20-13)16(14-8-4-2-5-9-14)12-17(22(18)26(23,24)25)15-10-6-3-7-11-15/h2-12,16H,1H3,(H,23,24,25). The van der Waals surface area contributed by atoms with Crippen LogP contribution in [0.4, 0.5) is 5.95 Å². The zero-order valence-corrected chi connectivity index (χ0v) is 14.7. The summed E-state index contributed by atoms with van der Waals surface area (Å²) in [6.07, 6.45) is 1.76. The second-order valence-electron chi connectivity index (χ2n) is 5.92. The number of anilines is 1. The van der Waals surface area contributed by atoms with Crippen LogP contribution in [0.25, 0.3) is 5.70 Å². The molecule has 0 aliphatic carbocycles. The molecule has 1 aromatic heterocycles. The third-order valence-corrected chi connectivity index (χ3v) is 4.96. The summed E-state index contributed by atoms with van der Waals surface area (Å²) in [6, 6.07) is 18.3. The van der Waals surface area contributed by atoms with E-state index >= 15 is 0 Å². The third kappa shape index (κ3) is 2.79. The van der Waals surface area contributed by atoms with Crippen molar-refractivity contribution >= 4 is 21.9 Å². The Kier molecular flexibility index (Phi) is 3.86. The van der Waals surface area contributed by atoms with E-state index in [4.69, 9.17) is 0 Å². The zero-order chi connectivity index (χ0) is 18.3. The Balaban J connectivity index is 1.99. The van der Waals surface area contributed by atoms with Crippen LogP contribution in [0.1, 0.15) is 23.0 Å². The highest BCUT2D eigenvalue weighted by Gasteiger charge is 2.36. The van der Waals surface area contributed by atoms with Crippen molar-refractivity contribution in [1.29, 1.82) is 0 Å². The van der Waals surface area contributed by atoms with Gasteiger partial charge in [0.1, 0.15) is 11.9 Å². The Morgan fingerprint density at radius 1 is 1.00 bits per heavy atom. The number of hydrogen-bond acceptors (Lipinski definition) is 4. The number of hydrogen-bond donors (Lipinski definition) is 1. The molecule has 0 saturated carbocycles. The van der Waals surface area contributed by atoms with Crippen LogP contribution in [0.3, 0.4) is 0 Å². The molecule has 0 radical (unpaired) electrons. The summed E-state index contributed by atoms with van der Waals surface area (Å²) in [7, 11) is -4.59. The maximum Gasteiger partial charge on any atom is 0.366 e. The molecule has 2 heterocycles. The molecule has 3 aromatic rings. The topological polar surface area (TPSA) is 88.3 Å². The molecule has 26 heavy (non-hydrogen) atoms. The Bertz CT molecular complexity index is 1080. The summed E-state index contributed by atoms with van der Waals surface area (Å²) in [5.41, 5.74) is 1.92. The highest BCUT2D eigenvalue weighted by atomic mass is 32.2. The van der Waals surface area contributed by atoms with Crippen molar-refractivity contribution in [1.82, 2.24) is 14.8 Å². The van der Waals surface area contributed by atoms with E-state index in [2.05, 4.69) is 10.1 Å². The highest BCUT2D eigenvalue weighted by molar-refractivity contribution is 7.87. The van der Waals surface area contributed by atoms with Gasteiger partial charge in [-0.05, 0) is 24.1 Å². The Hall–Kier alpha value is -2.97. The predicted octanol–water partition coefficient (Wildman–Crippen LogP) is 2.84. The SMILES string of the molecule is Cc1nc2n(n1)C(c1ccccc1)C=C(c1ccccc1)N2S(=O)(=O)O. The zero-order valence-electron chi connectivity index (χ0n) is 13.9. The molecule has 2 aromatic carbocycles. The van der Waals surface area contributed by atoms with E-state index in [9.17, 15) is 13.0 Å². The maximum atomic E-state index is 12.1. The third-order valence-electron chi connectivity index (χ3n) is 4.14. The Labute approximate surface area is 151 Å². The van der Waals surface area contributed by atoms with Crippen LogP contribution >= 0.6 is 0 Å². The van der Waals surface area contributed by atoms with Gasteiger partial charge in [0, 0.05) is 0 Å². The minimum atomic E-state index is -4.59. The summed E-state index contributed by atoms with van der Waals surface area (Å²) in [4.78, 5) is 4.25. The first-order valence-corrected chi connectivity index (χ1v) is 9.38. The fourth-order valence-corrected chi connectivity index (χ4v) is 3.82. The van der Waals surface area contributed by atoms with Gasteiger partial charge < -0.3 is 0 Å². The maximum absolute atomic E-state index is 12.1. The smallest absolute Gasteiger partial charge is 0.269 e. The van der Waals surface area contributed by atoms with Gasteiger partial charge in [0.2, 0.25) is 5.95 Å². The number of fused-ring (bicyclic) bond motifs is 1. The molecule has 1 atom stereocenters. The molecule has 0 spiro atoms. The van der Waals surface area contributed by atoms with Crippen molar-refractivity contribution in [3.05, 3.63) is 83.7 Å². The summed E-state index contributed by atoms with van der Waals surface area (Å²) in [6.45, 7) is 1.68. The van der Waals surface area contributed by atoms with Crippen LogP contribution in [-0.4, -0.2) is 27.7 Å². The lowest BCUT2D eigenvalue weighted by Gasteiger charge is -2.30. The van der Waals surface area contributed by atoms with Crippen molar-refractivity contribution in [3.63, 3.8) is 0 Å². The van der Waals surface area contributed by atoms with Gasteiger partial charge in [0.05, 0.1) is 5.70 Å². The van der Waals surface area contributed by atoms with Gasteiger partial charge in [-0.2, -0.15) is 22.8 Å². The Morgan fingerprint density at radius 3 is 2.23 bits per heavy atom. The molecule has 1 aliphatic heterocycles. The van der Waals surface area contributed by atoms with Crippen LogP contribution in [0.15, 0.2) is 66.7 Å². The van der Waals surface area contributed by atoms with Crippen molar-refractivity contribution in [3.8, 4) is 0 Å². The quantitative estimate of drug-likeness (QED) is 0.718. The number of allylic oxidation sites excluding steroid dienone is 1. The monoisotopic (exact) mass is 368 g/mol. The normalized spacial score (nSPS) is 16.9. The van der Waals surface area contributed by atoms with E-state index in [1.54, 1.807) is 37.3 Å². The van der Waals surface area contributed by atoms with E-state index in [0.717, 1.165) is 9.87 Å². The first-order chi connectivity index (χ1) is 12.4. The van der Waals surface area contributed by atoms with Gasteiger partial charge in [-0.3, -0.25) is 4.55 Å². The van der Waals surface area contributed by atoms with Crippen molar-refractivity contribution in [2.24, 2.45) is 0 Å². The molecular weight excluding hydrogens is 352 g/mol. The van der Waals surface area contributed by atoms with Crippen LogP contribution in [0.5, 0.6) is 0 Å². The van der Waals surface area contributed by atoms with Crippen molar-refractivity contribution < 1.29 is 13.0 Å². The summed E-state index contributed by atoms with van der Waals surface area (Å²) >= 11 is 0. The molecule has 1 N–H and O–H groups in total. The number of aromatic nitrogens is 3. The fourth-order valence-electron chi connectivity index (χ4n) is 3.08. The van der Waals surface area contributed by atoms with Gasteiger partial charge >= 0.3 is 10.3 Å². The summed E-state index contributed by atoms with van der Waals surface area (Å²) < 4.78 is 36.5. The summed E-state index contributed by atoms with van der Waals surface area (Å²) in [5, 5.41) is 4.34. The molecular formula is C18H16N4O3S. The molecule has 8 heteroatoms. The van der Waals surface area contributed by atoms with Gasteiger partial charge in [-0.1, -0.05) is 60.7 Å². The molecule has 132 valence electrons. The van der Waals surface area contributed by atoms with Gasteiger partial charge in [0.25, 0.3) is 0 Å². The minimum absolute atomic E-state index is 0.0557. The molecule has 0 amide bonds. The van der Waals surface area contributed by atoms with Crippen molar-refractivity contribution in [2.45, 2.75) is 13.0 Å². The van der Waals surface area contributed by atoms with Crippen LogP contribution < -0.4 is 4.31 Å².